The second-order valence-electron chi connectivity index (χ2n) is 6.87. The molecule has 0 radical (unpaired) electrons. The van der Waals surface area contributed by atoms with Gasteiger partial charge in [0.2, 0.25) is 5.88 Å². The number of nitrogens with one attached hydrogen (secondary N) is 2. The lowest BCUT2D eigenvalue weighted by Gasteiger charge is -2.27. The van der Waals surface area contributed by atoms with Crippen LogP contribution in [0.5, 0.6) is 0 Å². The van der Waals surface area contributed by atoms with Crippen LogP contribution in [0.25, 0.3) is 0 Å². The summed E-state index contributed by atoms with van der Waals surface area (Å²) in [6.45, 7) is 3.72. The van der Waals surface area contributed by atoms with Crippen LogP contribution in [-0.4, -0.2) is 24.7 Å². The van der Waals surface area contributed by atoms with Crippen LogP contribution in [-0.2, 0) is 14.3 Å². The maximum atomic E-state index is 12.5. The molecule has 2 N–H and O–H groups in total. The number of ether oxygens (including phenoxy) is 2. The summed E-state index contributed by atoms with van der Waals surface area (Å²) in [6.07, 6.45) is 0. The van der Waals surface area contributed by atoms with Crippen LogP contribution in [0.2, 0.25) is 5.02 Å². The van der Waals surface area contributed by atoms with Crippen molar-refractivity contribution in [1.29, 1.82) is 0 Å². The highest BCUT2D eigenvalue weighted by Crippen LogP contribution is 2.45. The van der Waals surface area contributed by atoms with E-state index in [0.717, 1.165) is 5.56 Å². The lowest BCUT2D eigenvalue weighted by atomic mass is 9.81. The Morgan fingerprint density at radius 2 is 1.68 bits per heavy atom. The predicted molar refractivity (Wildman–Crippen MR) is 107 cm³/mol. The molecule has 3 rings (SSSR count). The lowest BCUT2D eigenvalue weighted by molar-refractivity contribution is -0.136. The third-order valence-electron chi connectivity index (χ3n) is 4.46. The Balaban J connectivity index is 1.90. The summed E-state index contributed by atoms with van der Waals surface area (Å²) < 4.78 is 10.9. The Morgan fingerprint density at radius 1 is 1.04 bits per heavy atom. The summed E-state index contributed by atoms with van der Waals surface area (Å²) in [5.41, 5.74) is 0.958. The molecule has 6 nitrogen and oxygen atoms in total. The number of hydrogen-bond acceptors (Lipinski definition) is 4. The number of hydrogen-bond donors (Lipinski definition) is 2. The Kier molecular flexibility index (Phi) is 5.61. The van der Waals surface area contributed by atoms with E-state index in [4.69, 9.17) is 21.1 Å². The summed E-state index contributed by atoms with van der Waals surface area (Å²) in [6, 6.07) is 15.6. The number of esters is 1. The Morgan fingerprint density at radius 3 is 2.29 bits per heavy atom. The maximum absolute atomic E-state index is 12.5. The van der Waals surface area contributed by atoms with Gasteiger partial charge in [0.25, 0.3) is 0 Å². The fraction of sp³-hybridized carbons (Fsp3) is 0.238. The van der Waals surface area contributed by atoms with Crippen LogP contribution in [0.15, 0.2) is 66.1 Å². The van der Waals surface area contributed by atoms with E-state index in [-0.39, 0.29) is 11.5 Å². The van der Waals surface area contributed by atoms with Crippen LogP contribution < -0.4 is 10.6 Å². The van der Waals surface area contributed by atoms with E-state index in [1.54, 1.807) is 24.3 Å². The number of halogens is 1. The van der Waals surface area contributed by atoms with Crippen LogP contribution in [0.1, 0.15) is 25.3 Å². The number of amides is 2. The van der Waals surface area contributed by atoms with Gasteiger partial charge in [0.05, 0.1) is 13.0 Å². The van der Waals surface area contributed by atoms with E-state index in [0.29, 0.717) is 10.7 Å². The second kappa shape index (κ2) is 7.94. The molecule has 0 aromatic heterocycles. The van der Waals surface area contributed by atoms with Gasteiger partial charge in [-0.15, -0.1) is 0 Å². The third-order valence-corrected chi connectivity index (χ3v) is 4.71. The molecule has 146 valence electrons. The molecular weight excluding hydrogens is 380 g/mol. The van der Waals surface area contributed by atoms with Gasteiger partial charge in [-0.3, -0.25) is 5.32 Å². The minimum absolute atomic E-state index is 0.0807. The molecule has 0 saturated heterocycles. The van der Waals surface area contributed by atoms with Crippen molar-refractivity contribution in [3.63, 3.8) is 0 Å². The maximum Gasteiger partial charge on any atom is 0.339 e. The van der Waals surface area contributed by atoms with Crippen molar-refractivity contribution in [3.05, 3.63) is 76.6 Å². The molecule has 1 heterocycles. The van der Waals surface area contributed by atoms with Gasteiger partial charge in [0.15, 0.2) is 0 Å². The number of anilines is 1. The zero-order valence-electron chi connectivity index (χ0n) is 15.8. The largest absolute Gasteiger partial charge is 0.471 e. The first-order valence-corrected chi connectivity index (χ1v) is 9.09. The van der Waals surface area contributed by atoms with E-state index < -0.39 is 23.5 Å². The second-order valence-corrected chi connectivity index (χ2v) is 7.31. The summed E-state index contributed by atoms with van der Waals surface area (Å²) in [4.78, 5) is 25.0. The molecule has 0 aliphatic carbocycles. The van der Waals surface area contributed by atoms with Gasteiger partial charge in [-0.1, -0.05) is 41.9 Å². The summed E-state index contributed by atoms with van der Waals surface area (Å²) in [5, 5.41) is 5.88. The molecule has 28 heavy (non-hydrogen) atoms. The van der Waals surface area contributed by atoms with Crippen molar-refractivity contribution in [2.24, 2.45) is 0 Å². The van der Waals surface area contributed by atoms with Gasteiger partial charge in [-0.2, -0.15) is 0 Å². The van der Waals surface area contributed by atoms with E-state index in [1.165, 1.54) is 7.11 Å². The zero-order valence-corrected chi connectivity index (χ0v) is 16.5. The average molecular weight is 401 g/mol. The monoisotopic (exact) mass is 400 g/mol. The molecule has 7 heteroatoms. The zero-order chi connectivity index (χ0) is 20.3. The molecule has 2 aromatic rings. The van der Waals surface area contributed by atoms with E-state index in [9.17, 15) is 9.59 Å². The van der Waals surface area contributed by atoms with Crippen LogP contribution in [0, 0.1) is 0 Å². The average Bonchev–Trinajstić information content (AvgIpc) is 2.93. The number of benzene rings is 2. The summed E-state index contributed by atoms with van der Waals surface area (Å²) >= 11 is 5.85. The fourth-order valence-corrected chi connectivity index (χ4v) is 3.41. The van der Waals surface area contributed by atoms with Crippen LogP contribution >= 0.6 is 11.6 Å². The van der Waals surface area contributed by atoms with Crippen LogP contribution in [0.4, 0.5) is 10.5 Å². The highest BCUT2D eigenvalue weighted by atomic mass is 35.5. The highest BCUT2D eigenvalue weighted by Gasteiger charge is 2.48. The van der Waals surface area contributed by atoms with Gasteiger partial charge >= 0.3 is 12.0 Å². The van der Waals surface area contributed by atoms with Crippen molar-refractivity contribution in [2.75, 3.05) is 12.4 Å². The molecule has 0 saturated carbocycles. The van der Waals surface area contributed by atoms with Gasteiger partial charge in [0, 0.05) is 10.7 Å². The third kappa shape index (κ3) is 4.12. The van der Waals surface area contributed by atoms with E-state index in [2.05, 4.69) is 10.6 Å². The van der Waals surface area contributed by atoms with Crippen molar-refractivity contribution >= 4 is 29.3 Å². The predicted octanol–water partition coefficient (Wildman–Crippen LogP) is 4.44. The van der Waals surface area contributed by atoms with Gasteiger partial charge < -0.3 is 14.8 Å². The minimum atomic E-state index is -0.756. The Labute approximate surface area is 168 Å². The smallest absolute Gasteiger partial charge is 0.339 e. The lowest BCUT2D eigenvalue weighted by Crippen LogP contribution is -2.32. The Hall–Kier alpha value is -2.99. The molecule has 1 aliphatic heterocycles. The molecular formula is C21H21ClN2O4. The number of carbonyl (C=O) groups excluding carboxylic acids is 2. The molecule has 0 fully saturated rings. The highest BCUT2D eigenvalue weighted by molar-refractivity contribution is 6.30. The fourth-order valence-electron chi connectivity index (χ4n) is 3.28. The van der Waals surface area contributed by atoms with Gasteiger partial charge in [-0.05, 0) is 43.7 Å². The summed E-state index contributed by atoms with van der Waals surface area (Å²) in [5.74, 6) is -0.870. The van der Waals surface area contributed by atoms with Crippen LogP contribution in [0.3, 0.4) is 0 Å². The standard InChI is InChI=1S/C21H21ClN2O4/c1-21(2)17(13-7-5-4-6-8-13)16(19(25)27-3)18(28-21)24-20(26)23-15-11-9-14(22)10-12-15/h4-12,17H,1-3H3,(H2,23,24,26). The molecule has 1 aliphatic rings. The molecule has 1 atom stereocenters. The normalized spacial score (nSPS) is 17.6. The molecule has 2 aromatic carbocycles. The van der Waals surface area contributed by atoms with Crippen molar-refractivity contribution < 1.29 is 19.1 Å². The number of carbonyl (C=O) groups is 2. The van der Waals surface area contributed by atoms with E-state index in [1.807, 2.05) is 44.2 Å². The van der Waals surface area contributed by atoms with E-state index >= 15 is 0 Å². The first kappa shape index (κ1) is 19.8. The molecule has 0 spiro atoms. The van der Waals surface area contributed by atoms with Crippen molar-refractivity contribution in [1.82, 2.24) is 5.32 Å². The molecule has 0 bridgehead atoms. The number of urea groups is 1. The van der Waals surface area contributed by atoms with Gasteiger partial charge in [-0.25, -0.2) is 9.59 Å². The van der Waals surface area contributed by atoms with Crippen molar-refractivity contribution in [2.45, 2.75) is 25.4 Å². The molecule has 1 unspecified atom stereocenters. The molecule has 2 amide bonds. The minimum Gasteiger partial charge on any atom is -0.471 e. The Bertz CT molecular complexity index is 908. The number of methoxy groups -OCH3 is 1. The topological polar surface area (TPSA) is 76.7 Å². The first-order chi connectivity index (χ1) is 13.3. The number of rotatable bonds is 4. The SMILES string of the molecule is COC(=O)C1=C(NC(=O)Nc2ccc(Cl)cc2)OC(C)(C)C1c1ccccc1. The van der Waals surface area contributed by atoms with Crippen molar-refractivity contribution in [3.8, 4) is 0 Å². The first-order valence-electron chi connectivity index (χ1n) is 8.72. The van der Waals surface area contributed by atoms with Gasteiger partial charge in [0.1, 0.15) is 11.2 Å². The quantitative estimate of drug-likeness (QED) is 0.744. The summed E-state index contributed by atoms with van der Waals surface area (Å²) in [7, 11) is 1.30.